The maximum Gasteiger partial charge on any atom is 0.230 e. The number of halogens is 1. The van der Waals surface area contributed by atoms with E-state index in [0.717, 1.165) is 34.7 Å². The van der Waals surface area contributed by atoms with E-state index in [0.29, 0.717) is 35.2 Å². The van der Waals surface area contributed by atoms with Gasteiger partial charge in [-0.3, -0.25) is 4.79 Å². The lowest BCUT2D eigenvalue weighted by Crippen LogP contribution is -2.27. The fraction of sp³-hybridized carbons (Fsp3) is 0.364. The fourth-order valence-electron chi connectivity index (χ4n) is 3.19. The van der Waals surface area contributed by atoms with Gasteiger partial charge in [-0.1, -0.05) is 36.4 Å². The van der Waals surface area contributed by atoms with Crippen LogP contribution in [0.1, 0.15) is 18.9 Å². The first-order valence-corrected chi connectivity index (χ1v) is 11.2. The fourth-order valence-corrected chi connectivity index (χ4v) is 4.23. The molecule has 0 saturated heterocycles. The molecule has 0 spiro atoms. The summed E-state index contributed by atoms with van der Waals surface area (Å²) in [6, 6.07) is 11.5. The number of methoxy groups -OCH3 is 2. The molecule has 1 heterocycles. The largest absolute Gasteiger partial charge is 0.493 e. The molecule has 30 heavy (non-hydrogen) atoms. The van der Waals surface area contributed by atoms with Crippen molar-refractivity contribution in [1.29, 1.82) is 0 Å². The van der Waals surface area contributed by atoms with Gasteiger partial charge < -0.3 is 19.4 Å². The first-order chi connectivity index (χ1) is 14.5. The maximum absolute atomic E-state index is 12.3. The summed E-state index contributed by atoms with van der Waals surface area (Å²) in [6.07, 6.45) is 1.70. The number of aromatic nitrogens is 2. The Balaban J connectivity index is 1.55. The number of nitrogens with zero attached hydrogens (tertiary/aromatic N) is 2. The third-order valence-corrected chi connectivity index (χ3v) is 5.85. The number of fused-ring (bicyclic) bond motifs is 1. The Morgan fingerprint density at radius 3 is 2.70 bits per heavy atom. The lowest BCUT2D eigenvalue weighted by Gasteiger charge is -2.10. The van der Waals surface area contributed by atoms with Gasteiger partial charge in [0.25, 0.3) is 0 Å². The van der Waals surface area contributed by atoms with Crippen LogP contribution in [0.5, 0.6) is 11.5 Å². The van der Waals surface area contributed by atoms with Crippen molar-refractivity contribution in [2.45, 2.75) is 31.5 Å². The number of ether oxygens (including phenoxy) is 2. The van der Waals surface area contributed by atoms with Crippen molar-refractivity contribution >= 4 is 40.3 Å². The Bertz CT molecular complexity index is 1020. The summed E-state index contributed by atoms with van der Waals surface area (Å²) in [4.78, 5) is 17.0. The van der Waals surface area contributed by atoms with Gasteiger partial charge in [-0.25, -0.2) is 4.98 Å². The molecule has 3 rings (SSSR count). The second-order valence-corrected chi connectivity index (χ2v) is 8.14. The minimum absolute atomic E-state index is 0.0198. The summed E-state index contributed by atoms with van der Waals surface area (Å²) in [5.41, 5.74) is 2.96. The Morgan fingerprint density at radius 1 is 1.17 bits per heavy atom. The number of amides is 1. The standard InChI is InChI=1S/C22H26ClN3O3S/c1-4-11-26-18-7-6-16(23)13-17(18)25-22(26)30-14-21(27)24-10-9-15-5-8-19(28-2)20(12-15)29-3/h5-8,12-13H,4,9-11,14H2,1-3H3,(H,24,27). The van der Waals surface area contributed by atoms with E-state index in [1.54, 1.807) is 14.2 Å². The number of benzene rings is 2. The van der Waals surface area contributed by atoms with Gasteiger partial charge in [0.05, 0.1) is 31.0 Å². The molecule has 1 amide bonds. The van der Waals surface area contributed by atoms with Crippen LogP contribution in [0.3, 0.4) is 0 Å². The molecule has 0 saturated carbocycles. The molecule has 0 aliphatic heterocycles. The van der Waals surface area contributed by atoms with Crippen molar-refractivity contribution in [3.05, 3.63) is 47.0 Å². The Hall–Kier alpha value is -2.38. The number of carbonyl (C=O) groups is 1. The number of imidazole rings is 1. The Labute approximate surface area is 185 Å². The van der Waals surface area contributed by atoms with E-state index in [1.807, 2.05) is 36.4 Å². The zero-order chi connectivity index (χ0) is 21.5. The Kier molecular flexibility index (Phi) is 7.87. The summed E-state index contributed by atoms with van der Waals surface area (Å²) in [6.45, 7) is 3.52. The van der Waals surface area contributed by atoms with Gasteiger partial charge in [-0.15, -0.1) is 0 Å². The van der Waals surface area contributed by atoms with Crippen LogP contribution < -0.4 is 14.8 Å². The van der Waals surface area contributed by atoms with Crippen molar-refractivity contribution in [1.82, 2.24) is 14.9 Å². The van der Waals surface area contributed by atoms with Gasteiger partial charge in [0.15, 0.2) is 16.7 Å². The summed E-state index contributed by atoms with van der Waals surface area (Å²) in [7, 11) is 3.22. The van der Waals surface area contributed by atoms with E-state index in [2.05, 4.69) is 21.8 Å². The number of hydrogen-bond donors (Lipinski definition) is 1. The normalized spacial score (nSPS) is 10.9. The van der Waals surface area contributed by atoms with Gasteiger partial charge in [0.1, 0.15) is 0 Å². The highest BCUT2D eigenvalue weighted by molar-refractivity contribution is 7.99. The molecule has 8 heteroatoms. The summed E-state index contributed by atoms with van der Waals surface area (Å²) >= 11 is 7.54. The third kappa shape index (κ3) is 5.40. The van der Waals surface area contributed by atoms with E-state index in [-0.39, 0.29) is 5.91 Å². The molecule has 0 atom stereocenters. The molecule has 160 valence electrons. The molecule has 0 unspecified atom stereocenters. The van der Waals surface area contributed by atoms with Gasteiger partial charge in [0.2, 0.25) is 5.91 Å². The number of carbonyl (C=O) groups excluding carboxylic acids is 1. The van der Waals surface area contributed by atoms with E-state index in [9.17, 15) is 4.79 Å². The van der Waals surface area contributed by atoms with E-state index in [4.69, 9.17) is 21.1 Å². The molecular formula is C22H26ClN3O3S. The monoisotopic (exact) mass is 447 g/mol. The van der Waals surface area contributed by atoms with Crippen molar-refractivity contribution < 1.29 is 14.3 Å². The highest BCUT2D eigenvalue weighted by Crippen LogP contribution is 2.28. The summed E-state index contributed by atoms with van der Waals surface area (Å²) in [5, 5.41) is 4.47. The van der Waals surface area contributed by atoms with Crippen molar-refractivity contribution in [2.24, 2.45) is 0 Å². The average Bonchev–Trinajstić information content (AvgIpc) is 3.08. The molecule has 1 N–H and O–H groups in total. The topological polar surface area (TPSA) is 65.4 Å². The van der Waals surface area contributed by atoms with Crippen LogP contribution in [0.15, 0.2) is 41.6 Å². The molecule has 0 fully saturated rings. The molecule has 0 radical (unpaired) electrons. The highest BCUT2D eigenvalue weighted by atomic mass is 35.5. The smallest absolute Gasteiger partial charge is 0.230 e. The third-order valence-electron chi connectivity index (χ3n) is 4.64. The average molecular weight is 448 g/mol. The number of hydrogen-bond acceptors (Lipinski definition) is 5. The van der Waals surface area contributed by atoms with Crippen molar-refractivity contribution in [3.63, 3.8) is 0 Å². The van der Waals surface area contributed by atoms with E-state index in [1.165, 1.54) is 11.8 Å². The van der Waals surface area contributed by atoms with Crippen LogP contribution in [0.4, 0.5) is 0 Å². The lowest BCUT2D eigenvalue weighted by molar-refractivity contribution is -0.118. The molecule has 2 aromatic carbocycles. The number of aryl methyl sites for hydroxylation is 1. The number of nitrogens with one attached hydrogen (secondary N) is 1. The van der Waals surface area contributed by atoms with Crippen LogP contribution >= 0.6 is 23.4 Å². The van der Waals surface area contributed by atoms with Gasteiger partial charge in [-0.05, 0) is 48.7 Å². The first-order valence-electron chi connectivity index (χ1n) is 9.82. The number of rotatable bonds is 10. The zero-order valence-corrected chi connectivity index (χ0v) is 19.0. The molecule has 6 nitrogen and oxygen atoms in total. The van der Waals surface area contributed by atoms with Gasteiger partial charge >= 0.3 is 0 Å². The molecule has 0 bridgehead atoms. The highest BCUT2D eigenvalue weighted by Gasteiger charge is 2.13. The van der Waals surface area contributed by atoms with Crippen molar-refractivity contribution in [2.75, 3.05) is 26.5 Å². The quantitative estimate of drug-likeness (QED) is 0.461. The first kappa shape index (κ1) is 22.3. The summed E-state index contributed by atoms with van der Waals surface area (Å²) in [5.74, 6) is 1.67. The zero-order valence-electron chi connectivity index (χ0n) is 17.4. The molecule has 3 aromatic rings. The van der Waals surface area contributed by atoms with Crippen LogP contribution in [-0.4, -0.2) is 42.0 Å². The maximum atomic E-state index is 12.3. The van der Waals surface area contributed by atoms with E-state index >= 15 is 0 Å². The van der Waals surface area contributed by atoms with Gasteiger partial charge in [0, 0.05) is 18.1 Å². The predicted octanol–water partition coefficient (Wildman–Crippen LogP) is 4.57. The molecule has 1 aromatic heterocycles. The second kappa shape index (κ2) is 10.6. The minimum atomic E-state index is -0.0198. The predicted molar refractivity (Wildman–Crippen MR) is 122 cm³/mol. The summed E-state index contributed by atoms with van der Waals surface area (Å²) < 4.78 is 12.7. The van der Waals surface area contributed by atoms with Crippen LogP contribution in [0, 0.1) is 0 Å². The molecule has 0 aliphatic rings. The molecule has 0 aliphatic carbocycles. The van der Waals surface area contributed by atoms with E-state index < -0.39 is 0 Å². The number of thioether (sulfide) groups is 1. The lowest BCUT2D eigenvalue weighted by atomic mass is 10.1. The second-order valence-electron chi connectivity index (χ2n) is 6.76. The van der Waals surface area contributed by atoms with Crippen LogP contribution in [-0.2, 0) is 17.8 Å². The van der Waals surface area contributed by atoms with Crippen molar-refractivity contribution in [3.8, 4) is 11.5 Å². The SMILES string of the molecule is CCCn1c(SCC(=O)NCCc2ccc(OC)c(OC)c2)nc2cc(Cl)ccc21. The minimum Gasteiger partial charge on any atom is -0.493 e. The van der Waals surface area contributed by atoms with Crippen LogP contribution in [0.25, 0.3) is 11.0 Å². The molecular weight excluding hydrogens is 422 g/mol. The van der Waals surface area contributed by atoms with Crippen LogP contribution in [0.2, 0.25) is 5.02 Å². The Morgan fingerprint density at radius 2 is 1.97 bits per heavy atom. The van der Waals surface area contributed by atoms with Gasteiger partial charge in [-0.2, -0.15) is 0 Å².